The topological polar surface area (TPSA) is 58.2 Å². The van der Waals surface area contributed by atoms with Crippen LogP contribution in [0.15, 0.2) is 48.5 Å². The first kappa shape index (κ1) is 22.3. The van der Waals surface area contributed by atoms with E-state index < -0.39 is 10.0 Å². The Kier molecular flexibility index (Phi) is 7.38. The van der Waals surface area contributed by atoms with Gasteiger partial charge >= 0.3 is 0 Å². The number of halogens is 1. The molecule has 29 heavy (non-hydrogen) atoms. The molecule has 0 saturated heterocycles. The molecule has 1 fully saturated rings. The van der Waals surface area contributed by atoms with Gasteiger partial charge in [0.1, 0.15) is 0 Å². The Balaban J connectivity index is 0.00000240. The van der Waals surface area contributed by atoms with Crippen molar-refractivity contribution in [2.75, 3.05) is 7.05 Å². The molecule has 1 saturated carbocycles. The molecule has 158 valence electrons. The van der Waals surface area contributed by atoms with Gasteiger partial charge in [0.25, 0.3) is 0 Å². The van der Waals surface area contributed by atoms with E-state index in [0.29, 0.717) is 18.5 Å². The maximum absolute atomic E-state index is 12.4. The van der Waals surface area contributed by atoms with Crippen molar-refractivity contribution in [3.8, 4) is 0 Å². The molecule has 0 spiro atoms. The van der Waals surface area contributed by atoms with Crippen LogP contribution in [0.25, 0.3) is 0 Å². The van der Waals surface area contributed by atoms with E-state index in [1.54, 1.807) is 0 Å². The lowest BCUT2D eigenvalue weighted by Gasteiger charge is -2.34. The predicted octanol–water partition coefficient (Wildman–Crippen LogP) is 3.94. The molecule has 2 aliphatic rings. The molecular formula is C23H31ClN2O2S. The number of hydrogen-bond donors (Lipinski definition) is 2. The highest BCUT2D eigenvalue weighted by Gasteiger charge is 2.31. The Bertz CT molecular complexity index is 914. The van der Waals surface area contributed by atoms with Gasteiger partial charge in [-0.2, -0.15) is 0 Å². The summed E-state index contributed by atoms with van der Waals surface area (Å²) < 4.78 is 27.5. The standard InChI is InChI=1S/C23H30N2O2S.ClH/c1-24-23-13-12-19-11-10-18(16-25-28(26,27)20-8-5-9-20)15-21(19)22(23)14-17-6-3-2-4-7-17;/h2-4,6-7,10-11,15,20,22-25H,5,8-9,12-14,16H2,1H3;1H. The van der Waals surface area contributed by atoms with Crippen molar-refractivity contribution < 1.29 is 8.42 Å². The third kappa shape index (κ3) is 5.02. The molecule has 2 unspecified atom stereocenters. The molecule has 2 aromatic carbocycles. The van der Waals surface area contributed by atoms with Crippen LogP contribution in [0.2, 0.25) is 0 Å². The molecular weight excluding hydrogens is 404 g/mol. The van der Waals surface area contributed by atoms with Crippen LogP contribution in [-0.4, -0.2) is 26.8 Å². The van der Waals surface area contributed by atoms with Crippen molar-refractivity contribution >= 4 is 22.4 Å². The van der Waals surface area contributed by atoms with Crippen molar-refractivity contribution in [3.63, 3.8) is 0 Å². The molecule has 4 nitrogen and oxygen atoms in total. The molecule has 2 atom stereocenters. The zero-order chi connectivity index (χ0) is 19.6. The summed E-state index contributed by atoms with van der Waals surface area (Å²) in [7, 11) is -1.14. The summed E-state index contributed by atoms with van der Waals surface area (Å²) in [5.41, 5.74) is 5.17. The first-order valence-electron chi connectivity index (χ1n) is 10.4. The zero-order valence-electron chi connectivity index (χ0n) is 16.9. The summed E-state index contributed by atoms with van der Waals surface area (Å²) >= 11 is 0. The molecule has 0 bridgehead atoms. The highest BCUT2D eigenvalue weighted by atomic mass is 35.5. The summed E-state index contributed by atoms with van der Waals surface area (Å²) in [5.74, 6) is 0.402. The van der Waals surface area contributed by atoms with Crippen LogP contribution in [0, 0.1) is 0 Å². The van der Waals surface area contributed by atoms with Crippen molar-refractivity contribution in [1.82, 2.24) is 10.0 Å². The number of nitrogens with one attached hydrogen (secondary N) is 2. The quantitative estimate of drug-likeness (QED) is 0.693. The van der Waals surface area contributed by atoms with E-state index in [1.165, 1.54) is 16.7 Å². The second kappa shape index (κ2) is 9.61. The van der Waals surface area contributed by atoms with E-state index in [4.69, 9.17) is 0 Å². The number of hydrogen-bond acceptors (Lipinski definition) is 3. The third-order valence-electron chi connectivity index (χ3n) is 6.46. The predicted molar refractivity (Wildman–Crippen MR) is 121 cm³/mol. The zero-order valence-corrected chi connectivity index (χ0v) is 18.6. The normalized spacial score (nSPS) is 21.7. The number of likely N-dealkylation sites (N-methyl/N-ethyl adjacent to an activating group) is 1. The molecule has 4 rings (SSSR count). The third-order valence-corrected chi connectivity index (χ3v) is 8.35. The maximum atomic E-state index is 12.4. The lowest BCUT2D eigenvalue weighted by molar-refractivity contribution is 0.409. The largest absolute Gasteiger partial charge is 0.316 e. The van der Waals surface area contributed by atoms with Gasteiger partial charge in [0.2, 0.25) is 10.0 Å². The minimum absolute atomic E-state index is 0. The lowest BCUT2D eigenvalue weighted by atomic mass is 9.75. The fourth-order valence-corrected chi connectivity index (χ4v) is 6.06. The van der Waals surface area contributed by atoms with Crippen molar-refractivity contribution in [2.45, 2.75) is 62.3 Å². The Morgan fingerprint density at radius 3 is 2.41 bits per heavy atom. The average molecular weight is 435 g/mol. The van der Waals surface area contributed by atoms with E-state index >= 15 is 0 Å². The smallest absolute Gasteiger partial charge is 0.214 e. The highest BCUT2D eigenvalue weighted by molar-refractivity contribution is 7.90. The average Bonchev–Trinajstić information content (AvgIpc) is 2.66. The summed E-state index contributed by atoms with van der Waals surface area (Å²) in [6, 6.07) is 17.6. The van der Waals surface area contributed by atoms with Crippen LogP contribution >= 0.6 is 12.4 Å². The molecule has 0 heterocycles. The summed E-state index contributed by atoms with van der Waals surface area (Å²) in [4.78, 5) is 0. The molecule has 0 radical (unpaired) electrons. The molecule has 6 heteroatoms. The fraction of sp³-hybridized carbons (Fsp3) is 0.478. The van der Waals surface area contributed by atoms with Gasteiger partial charge < -0.3 is 5.32 Å². The SMILES string of the molecule is CNC1CCc2ccc(CNS(=O)(=O)C3CCC3)cc2C1Cc1ccccc1.Cl. The van der Waals surface area contributed by atoms with Crippen LogP contribution in [0.1, 0.15) is 53.9 Å². The molecule has 0 amide bonds. The van der Waals surface area contributed by atoms with E-state index in [2.05, 4.69) is 58.6 Å². The molecule has 2 N–H and O–H groups in total. The fourth-order valence-electron chi connectivity index (χ4n) is 4.50. The van der Waals surface area contributed by atoms with Crippen LogP contribution in [0.3, 0.4) is 0 Å². The number of sulfonamides is 1. The van der Waals surface area contributed by atoms with Gasteiger partial charge in [-0.3, -0.25) is 0 Å². The van der Waals surface area contributed by atoms with E-state index in [0.717, 1.165) is 44.1 Å². The number of fused-ring (bicyclic) bond motifs is 1. The van der Waals surface area contributed by atoms with Crippen LogP contribution in [0.4, 0.5) is 0 Å². The summed E-state index contributed by atoms with van der Waals surface area (Å²) in [6.07, 6.45) is 5.81. The molecule has 2 aliphatic carbocycles. The van der Waals surface area contributed by atoms with E-state index in [-0.39, 0.29) is 17.7 Å². The highest BCUT2D eigenvalue weighted by Crippen LogP contribution is 2.35. The first-order chi connectivity index (χ1) is 13.6. The van der Waals surface area contributed by atoms with Crippen molar-refractivity contribution in [2.24, 2.45) is 0 Å². The van der Waals surface area contributed by atoms with E-state index in [9.17, 15) is 8.42 Å². The Labute approximate surface area is 181 Å². The maximum Gasteiger partial charge on any atom is 0.214 e. The van der Waals surface area contributed by atoms with Gasteiger partial charge in [-0.05, 0) is 61.4 Å². The van der Waals surface area contributed by atoms with Gasteiger partial charge in [0, 0.05) is 18.5 Å². The molecule has 0 aromatic heterocycles. The van der Waals surface area contributed by atoms with Gasteiger partial charge in [-0.25, -0.2) is 13.1 Å². The summed E-state index contributed by atoms with van der Waals surface area (Å²) in [5, 5.41) is 3.32. The van der Waals surface area contributed by atoms with Gasteiger partial charge in [0.15, 0.2) is 0 Å². The number of benzene rings is 2. The monoisotopic (exact) mass is 434 g/mol. The molecule has 2 aromatic rings. The Morgan fingerprint density at radius 1 is 1.00 bits per heavy atom. The van der Waals surface area contributed by atoms with Crippen molar-refractivity contribution in [1.29, 1.82) is 0 Å². The first-order valence-corrected chi connectivity index (χ1v) is 11.9. The minimum Gasteiger partial charge on any atom is -0.316 e. The second-order valence-corrected chi connectivity index (χ2v) is 10.2. The number of rotatable bonds is 7. The second-order valence-electron chi connectivity index (χ2n) is 8.18. The Morgan fingerprint density at radius 2 is 1.76 bits per heavy atom. The van der Waals surface area contributed by atoms with Gasteiger partial charge in [-0.1, -0.05) is 55.0 Å². The van der Waals surface area contributed by atoms with Crippen LogP contribution in [-0.2, 0) is 29.4 Å². The van der Waals surface area contributed by atoms with Gasteiger partial charge in [0.05, 0.1) is 5.25 Å². The number of aryl methyl sites for hydroxylation is 1. The minimum atomic E-state index is -3.18. The Hall–Kier alpha value is -1.40. The van der Waals surface area contributed by atoms with Gasteiger partial charge in [-0.15, -0.1) is 12.4 Å². The summed E-state index contributed by atoms with van der Waals surface area (Å²) in [6.45, 7) is 0.383. The van der Waals surface area contributed by atoms with Crippen LogP contribution < -0.4 is 10.0 Å². The lowest BCUT2D eigenvalue weighted by Crippen LogP contribution is -2.38. The van der Waals surface area contributed by atoms with E-state index in [1.807, 2.05) is 7.05 Å². The molecule has 0 aliphatic heterocycles. The van der Waals surface area contributed by atoms with Crippen LogP contribution in [0.5, 0.6) is 0 Å². The van der Waals surface area contributed by atoms with Crippen molar-refractivity contribution in [3.05, 3.63) is 70.8 Å².